The Balaban J connectivity index is 1.67. The van der Waals surface area contributed by atoms with Crippen molar-refractivity contribution in [1.82, 2.24) is 15.5 Å². The summed E-state index contributed by atoms with van der Waals surface area (Å²) >= 11 is 3.69. The number of carbonyl (C=O) groups excluding carboxylic acids is 2. The molecule has 3 aliphatic rings. The molecule has 0 bridgehead atoms. The van der Waals surface area contributed by atoms with Crippen molar-refractivity contribution >= 4 is 27.7 Å². The number of hydrogen-bond donors (Lipinski definition) is 2. The third kappa shape index (κ3) is 6.41. The van der Waals surface area contributed by atoms with Gasteiger partial charge in [0.05, 0.1) is 12.5 Å². The molecule has 0 aromatic heterocycles. The average Bonchev–Trinajstić information content (AvgIpc) is 2.73. The summed E-state index contributed by atoms with van der Waals surface area (Å²) in [5, 5.41) is 5.99. The van der Waals surface area contributed by atoms with Crippen LogP contribution in [0.25, 0.3) is 0 Å². The van der Waals surface area contributed by atoms with E-state index in [1.54, 1.807) is 0 Å². The first-order valence-corrected chi connectivity index (χ1v) is 12.9. The van der Waals surface area contributed by atoms with E-state index >= 15 is 0 Å². The first kappa shape index (κ1) is 25.8. The van der Waals surface area contributed by atoms with Crippen LogP contribution < -0.4 is 10.6 Å². The van der Waals surface area contributed by atoms with Gasteiger partial charge in [-0.25, -0.2) is 8.78 Å². The molecule has 0 aromatic carbocycles. The van der Waals surface area contributed by atoms with E-state index in [1.807, 2.05) is 18.7 Å². The van der Waals surface area contributed by atoms with Crippen LogP contribution in [0, 0.1) is 23.7 Å². The number of ether oxygens (including phenoxy) is 1. The van der Waals surface area contributed by atoms with Crippen LogP contribution in [0.15, 0.2) is 0 Å². The maximum absolute atomic E-state index is 13.5. The SMILES string of the molecule is CC1CC(C)C(CNC(=O)C2CC(Br)CC(N(CC(F)F)C3CCOCC3)C2C)C(=O)N1. The Morgan fingerprint density at radius 2 is 1.91 bits per heavy atom. The molecule has 2 N–H and O–H groups in total. The first-order valence-electron chi connectivity index (χ1n) is 12.0. The minimum absolute atomic E-state index is 0.00730. The zero-order valence-corrected chi connectivity index (χ0v) is 21.0. The summed E-state index contributed by atoms with van der Waals surface area (Å²) in [6.07, 6.45) is 1.38. The number of halogens is 3. The van der Waals surface area contributed by atoms with Crippen molar-refractivity contribution in [3.05, 3.63) is 0 Å². The highest BCUT2D eigenvalue weighted by Crippen LogP contribution is 2.39. The van der Waals surface area contributed by atoms with E-state index < -0.39 is 6.43 Å². The molecule has 2 amide bonds. The molecule has 3 rings (SSSR count). The van der Waals surface area contributed by atoms with E-state index in [9.17, 15) is 18.4 Å². The molecular weight excluding hydrogens is 484 g/mol. The second kappa shape index (κ2) is 11.6. The number of rotatable bonds is 7. The van der Waals surface area contributed by atoms with Gasteiger partial charge in [-0.15, -0.1) is 0 Å². The van der Waals surface area contributed by atoms with Gasteiger partial charge in [-0.3, -0.25) is 14.5 Å². The Bertz CT molecular complexity index is 650. The quantitative estimate of drug-likeness (QED) is 0.504. The number of hydrogen-bond acceptors (Lipinski definition) is 4. The van der Waals surface area contributed by atoms with Gasteiger partial charge in [0.2, 0.25) is 11.8 Å². The Kier molecular flexibility index (Phi) is 9.32. The lowest BCUT2D eigenvalue weighted by molar-refractivity contribution is -0.132. The second-order valence-electron chi connectivity index (χ2n) is 10.0. The molecule has 3 fully saturated rings. The van der Waals surface area contributed by atoms with E-state index in [1.165, 1.54) is 0 Å². The van der Waals surface area contributed by atoms with Gasteiger partial charge in [-0.1, -0.05) is 29.8 Å². The molecule has 2 heterocycles. The molecule has 0 radical (unpaired) electrons. The Hall–Kier alpha value is -0.800. The van der Waals surface area contributed by atoms with Gasteiger partial charge in [0, 0.05) is 48.6 Å². The lowest BCUT2D eigenvalue weighted by Gasteiger charge is -2.47. The number of alkyl halides is 3. The highest BCUT2D eigenvalue weighted by molar-refractivity contribution is 9.09. The van der Waals surface area contributed by atoms with Crippen LogP contribution >= 0.6 is 15.9 Å². The van der Waals surface area contributed by atoms with Gasteiger partial charge in [0.15, 0.2) is 0 Å². The van der Waals surface area contributed by atoms with Crippen LogP contribution in [0.1, 0.15) is 52.9 Å². The molecule has 7 atom stereocenters. The smallest absolute Gasteiger partial charge is 0.251 e. The van der Waals surface area contributed by atoms with E-state index in [0.717, 1.165) is 25.7 Å². The lowest BCUT2D eigenvalue weighted by atomic mass is 9.74. The molecule has 32 heavy (non-hydrogen) atoms. The number of nitrogens with one attached hydrogen (secondary N) is 2. The van der Waals surface area contributed by atoms with E-state index in [4.69, 9.17) is 4.74 Å². The van der Waals surface area contributed by atoms with Crippen LogP contribution in [-0.4, -0.2) is 72.4 Å². The summed E-state index contributed by atoms with van der Waals surface area (Å²) in [6, 6.07) is 0.114. The molecule has 0 spiro atoms. The highest BCUT2D eigenvalue weighted by atomic mass is 79.9. The van der Waals surface area contributed by atoms with E-state index in [2.05, 4.69) is 33.5 Å². The summed E-state index contributed by atoms with van der Waals surface area (Å²) in [6.45, 7) is 7.29. The van der Waals surface area contributed by atoms with Crippen molar-refractivity contribution in [2.24, 2.45) is 23.7 Å². The van der Waals surface area contributed by atoms with Crippen molar-refractivity contribution in [3.63, 3.8) is 0 Å². The Morgan fingerprint density at radius 3 is 2.53 bits per heavy atom. The molecular formula is C23H38BrF2N3O3. The lowest BCUT2D eigenvalue weighted by Crippen LogP contribution is -2.56. The molecule has 7 unspecified atom stereocenters. The third-order valence-corrected chi connectivity index (χ3v) is 8.40. The van der Waals surface area contributed by atoms with Crippen LogP contribution in [0.2, 0.25) is 0 Å². The standard InChI is InChI=1S/C23H38BrF2N3O3/c1-13-8-14(2)28-23(31)19(13)11-27-22(30)18-9-16(24)10-20(15(18)3)29(12-21(25)26)17-4-6-32-7-5-17/h13-21H,4-12H2,1-3H3,(H,27,30)(H,28,31). The van der Waals surface area contributed by atoms with Crippen molar-refractivity contribution in [3.8, 4) is 0 Å². The second-order valence-corrected chi connectivity index (χ2v) is 11.3. The van der Waals surface area contributed by atoms with Gasteiger partial charge in [-0.05, 0) is 50.9 Å². The molecule has 0 aromatic rings. The first-order chi connectivity index (χ1) is 15.2. The highest BCUT2D eigenvalue weighted by Gasteiger charge is 2.43. The molecule has 184 valence electrons. The third-order valence-electron chi connectivity index (χ3n) is 7.65. The van der Waals surface area contributed by atoms with Crippen LogP contribution in [0.4, 0.5) is 8.78 Å². The minimum Gasteiger partial charge on any atom is -0.381 e. The summed E-state index contributed by atoms with van der Waals surface area (Å²) in [5.74, 6) is -0.444. The maximum Gasteiger partial charge on any atom is 0.251 e. The van der Waals surface area contributed by atoms with Gasteiger partial charge >= 0.3 is 0 Å². The normalized spacial score (nSPS) is 36.9. The average molecular weight is 522 g/mol. The van der Waals surface area contributed by atoms with Crippen LogP contribution in [-0.2, 0) is 14.3 Å². The maximum atomic E-state index is 13.5. The predicted molar refractivity (Wildman–Crippen MR) is 123 cm³/mol. The number of nitrogens with zero attached hydrogens (tertiary/aromatic N) is 1. The largest absolute Gasteiger partial charge is 0.381 e. The fraction of sp³-hybridized carbons (Fsp3) is 0.913. The van der Waals surface area contributed by atoms with Crippen molar-refractivity contribution in [2.45, 2.75) is 82.3 Å². The minimum atomic E-state index is -2.42. The van der Waals surface area contributed by atoms with Gasteiger partial charge in [-0.2, -0.15) is 0 Å². The number of amides is 2. The van der Waals surface area contributed by atoms with Crippen molar-refractivity contribution < 1.29 is 23.1 Å². The summed E-state index contributed by atoms with van der Waals surface area (Å²) in [5.41, 5.74) is 0. The van der Waals surface area contributed by atoms with Crippen LogP contribution in [0.5, 0.6) is 0 Å². The van der Waals surface area contributed by atoms with Gasteiger partial charge in [0.25, 0.3) is 6.43 Å². The molecule has 2 aliphatic heterocycles. The zero-order chi connectivity index (χ0) is 23.4. The monoisotopic (exact) mass is 521 g/mol. The fourth-order valence-electron chi connectivity index (χ4n) is 5.87. The number of piperidine rings is 1. The molecule has 2 saturated heterocycles. The Labute approximate surface area is 198 Å². The molecule has 9 heteroatoms. The van der Waals surface area contributed by atoms with Crippen molar-refractivity contribution in [2.75, 3.05) is 26.3 Å². The van der Waals surface area contributed by atoms with E-state index in [-0.39, 0.29) is 65.0 Å². The van der Waals surface area contributed by atoms with Gasteiger partial charge in [0.1, 0.15) is 0 Å². The van der Waals surface area contributed by atoms with Crippen LogP contribution in [0.3, 0.4) is 0 Å². The molecule has 1 saturated carbocycles. The Morgan fingerprint density at radius 1 is 1.22 bits per heavy atom. The predicted octanol–water partition coefficient (Wildman–Crippen LogP) is 3.19. The van der Waals surface area contributed by atoms with Crippen molar-refractivity contribution in [1.29, 1.82) is 0 Å². The van der Waals surface area contributed by atoms with Gasteiger partial charge < -0.3 is 15.4 Å². The summed E-state index contributed by atoms with van der Waals surface area (Å²) < 4.78 is 32.4. The van der Waals surface area contributed by atoms with E-state index in [0.29, 0.717) is 26.2 Å². The summed E-state index contributed by atoms with van der Waals surface area (Å²) in [4.78, 5) is 27.6. The molecule has 1 aliphatic carbocycles. The number of carbonyl (C=O) groups is 2. The summed E-state index contributed by atoms with van der Waals surface area (Å²) in [7, 11) is 0. The molecule has 6 nitrogen and oxygen atoms in total. The fourth-order valence-corrected chi connectivity index (χ4v) is 6.66. The topological polar surface area (TPSA) is 70.7 Å². The zero-order valence-electron chi connectivity index (χ0n) is 19.4.